The molecule has 1 aromatic rings. The van der Waals surface area contributed by atoms with E-state index in [1.165, 1.54) is 18.2 Å². The lowest BCUT2D eigenvalue weighted by atomic mass is 10.2. The second-order valence-corrected chi connectivity index (χ2v) is 3.90. The summed E-state index contributed by atoms with van der Waals surface area (Å²) in [6, 6.07) is 3.96. The molecule has 0 saturated carbocycles. The van der Waals surface area contributed by atoms with E-state index in [0.29, 0.717) is 12.4 Å². The van der Waals surface area contributed by atoms with Gasteiger partial charge in [0.2, 0.25) is 0 Å². The summed E-state index contributed by atoms with van der Waals surface area (Å²) in [6.45, 7) is 2.19. The number of halogens is 2. The molecule has 0 aromatic heterocycles. The molecule has 18 heavy (non-hydrogen) atoms. The number of aliphatic carboxylic acids is 1. The third-order valence-corrected chi connectivity index (χ3v) is 2.47. The van der Waals surface area contributed by atoms with E-state index < -0.39 is 17.9 Å². The Morgan fingerprint density at radius 3 is 2.83 bits per heavy atom. The van der Waals surface area contributed by atoms with Gasteiger partial charge in [0, 0.05) is 19.1 Å². The number of carboxylic acids is 1. The molecular weight excluding hydrogens is 263 g/mol. The summed E-state index contributed by atoms with van der Waals surface area (Å²) >= 11 is 5.58. The normalized spacial score (nSPS) is 12.2. The standard InChI is InChI=1S/C12H14ClFO4/c1-2-17-11(12(15)16)5-6-18-8-3-4-10(14)9(13)7-8/h3-4,7,11H,2,5-6H2,1H3,(H,15,16). The molecule has 100 valence electrons. The van der Waals surface area contributed by atoms with Crippen molar-refractivity contribution in [2.45, 2.75) is 19.4 Å². The summed E-state index contributed by atoms with van der Waals surface area (Å²) in [4.78, 5) is 10.8. The van der Waals surface area contributed by atoms with Crippen LogP contribution in [0, 0.1) is 5.82 Å². The van der Waals surface area contributed by atoms with E-state index in [0.717, 1.165) is 0 Å². The van der Waals surface area contributed by atoms with E-state index in [2.05, 4.69) is 0 Å². The average Bonchev–Trinajstić information content (AvgIpc) is 2.32. The van der Waals surface area contributed by atoms with Gasteiger partial charge in [-0.1, -0.05) is 11.6 Å². The molecule has 0 aliphatic heterocycles. The fourth-order valence-electron chi connectivity index (χ4n) is 1.33. The Morgan fingerprint density at radius 1 is 1.56 bits per heavy atom. The molecule has 0 bridgehead atoms. The van der Waals surface area contributed by atoms with Crippen LogP contribution < -0.4 is 4.74 Å². The van der Waals surface area contributed by atoms with Crippen molar-refractivity contribution in [2.24, 2.45) is 0 Å². The van der Waals surface area contributed by atoms with Crippen molar-refractivity contribution in [3.05, 3.63) is 29.0 Å². The summed E-state index contributed by atoms with van der Waals surface area (Å²) in [5, 5.41) is 8.80. The predicted molar refractivity (Wildman–Crippen MR) is 64.6 cm³/mol. The molecule has 1 rings (SSSR count). The van der Waals surface area contributed by atoms with Gasteiger partial charge >= 0.3 is 5.97 Å². The van der Waals surface area contributed by atoms with Crippen LogP contribution in [0.15, 0.2) is 18.2 Å². The van der Waals surface area contributed by atoms with Crippen LogP contribution in [0.3, 0.4) is 0 Å². The Labute approximate surface area is 109 Å². The number of rotatable bonds is 7. The van der Waals surface area contributed by atoms with Crippen molar-refractivity contribution in [3.63, 3.8) is 0 Å². The summed E-state index contributed by atoms with van der Waals surface area (Å²) in [5.74, 6) is -1.17. The van der Waals surface area contributed by atoms with Crippen molar-refractivity contribution >= 4 is 17.6 Å². The molecule has 0 aliphatic carbocycles. The molecule has 0 amide bonds. The quantitative estimate of drug-likeness (QED) is 0.832. The zero-order valence-corrected chi connectivity index (χ0v) is 10.6. The molecule has 0 radical (unpaired) electrons. The summed E-state index contributed by atoms with van der Waals surface area (Å²) in [6.07, 6.45) is -0.691. The minimum absolute atomic E-state index is 0.0351. The predicted octanol–water partition coefficient (Wildman–Crippen LogP) is 2.74. The smallest absolute Gasteiger partial charge is 0.332 e. The van der Waals surface area contributed by atoms with Gasteiger partial charge < -0.3 is 14.6 Å². The van der Waals surface area contributed by atoms with Crippen molar-refractivity contribution in [2.75, 3.05) is 13.2 Å². The topological polar surface area (TPSA) is 55.8 Å². The first-order chi connectivity index (χ1) is 8.54. The largest absolute Gasteiger partial charge is 0.493 e. The molecule has 1 aromatic carbocycles. The Balaban J connectivity index is 2.44. The molecule has 0 spiro atoms. The lowest BCUT2D eigenvalue weighted by Crippen LogP contribution is -2.26. The van der Waals surface area contributed by atoms with E-state index >= 15 is 0 Å². The minimum Gasteiger partial charge on any atom is -0.493 e. The van der Waals surface area contributed by atoms with Gasteiger partial charge in [-0.05, 0) is 19.1 Å². The Morgan fingerprint density at radius 2 is 2.28 bits per heavy atom. The van der Waals surface area contributed by atoms with Gasteiger partial charge in [0.1, 0.15) is 11.6 Å². The van der Waals surface area contributed by atoms with Crippen LogP contribution in [-0.2, 0) is 9.53 Å². The van der Waals surface area contributed by atoms with Gasteiger partial charge in [0.05, 0.1) is 11.6 Å². The van der Waals surface area contributed by atoms with Gasteiger partial charge in [-0.15, -0.1) is 0 Å². The SMILES string of the molecule is CCOC(CCOc1ccc(F)c(Cl)c1)C(=O)O. The van der Waals surface area contributed by atoms with Crippen LogP contribution in [-0.4, -0.2) is 30.4 Å². The Hall–Kier alpha value is -1.33. The van der Waals surface area contributed by atoms with Crippen LogP contribution in [0.5, 0.6) is 5.75 Å². The van der Waals surface area contributed by atoms with Gasteiger partial charge in [0.15, 0.2) is 6.10 Å². The summed E-state index contributed by atoms with van der Waals surface area (Å²) in [7, 11) is 0. The van der Waals surface area contributed by atoms with E-state index in [9.17, 15) is 9.18 Å². The van der Waals surface area contributed by atoms with E-state index in [-0.39, 0.29) is 18.1 Å². The molecule has 0 fully saturated rings. The molecular formula is C12H14ClFO4. The van der Waals surface area contributed by atoms with Crippen molar-refractivity contribution in [1.29, 1.82) is 0 Å². The zero-order valence-electron chi connectivity index (χ0n) is 9.86. The van der Waals surface area contributed by atoms with Crippen molar-refractivity contribution < 1.29 is 23.8 Å². The third-order valence-electron chi connectivity index (χ3n) is 2.18. The molecule has 0 heterocycles. The second-order valence-electron chi connectivity index (χ2n) is 3.50. The van der Waals surface area contributed by atoms with Crippen LogP contribution >= 0.6 is 11.6 Å². The number of carboxylic acid groups (broad SMARTS) is 1. The lowest BCUT2D eigenvalue weighted by Gasteiger charge is -2.13. The number of benzene rings is 1. The number of hydrogen-bond acceptors (Lipinski definition) is 3. The maximum absolute atomic E-state index is 12.9. The minimum atomic E-state index is -1.03. The maximum atomic E-state index is 12.9. The molecule has 1 atom stereocenters. The lowest BCUT2D eigenvalue weighted by molar-refractivity contribution is -0.150. The first-order valence-electron chi connectivity index (χ1n) is 5.46. The molecule has 6 heteroatoms. The highest BCUT2D eigenvalue weighted by atomic mass is 35.5. The van der Waals surface area contributed by atoms with Gasteiger partial charge in [0.25, 0.3) is 0 Å². The highest BCUT2D eigenvalue weighted by Crippen LogP contribution is 2.21. The van der Waals surface area contributed by atoms with E-state index in [4.69, 9.17) is 26.2 Å². The van der Waals surface area contributed by atoms with Crippen LogP contribution in [0.2, 0.25) is 5.02 Å². The van der Waals surface area contributed by atoms with Crippen LogP contribution in [0.1, 0.15) is 13.3 Å². The molecule has 0 aliphatic rings. The monoisotopic (exact) mass is 276 g/mol. The van der Waals surface area contributed by atoms with Gasteiger partial charge in [-0.3, -0.25) is 0 Å². The zero-order chi connectivity index (χ0) is 13.5. The Kier molecular flexibility index (Phi) is 5.88. The average molecular weight is 277 g/mol. The van der Waals surface area contributed by atoms with E-state index in [1.807, 2.05) is 0 Å². The number of ether oxygens (including phenoxy) is 2. The van der Waals surface area contributed by atoms with Crippen LogP contribution in [0.4, 0.5) is 4.39 Å². The maximum Gasteiger partial charge on any atom is 0.332 e. The first-order valence-corrected chi connectivity index (χ1v) is 5.84. The second kappa shape index (κ2) is 7.18. The van der Waals surface area contributed by atoms with Crippen molar-refractivity contribution in [3.8, 4) is 5.75 Å². The first kappa shape index (κ1) is 14.7. The van der Waals surface area contributed by atoms with Crippen LogP contribution in [0.25, 0.3) is 0 Å². The molecule has 0 saturated heterocycles. The summed E-state index contributed by atoms with van der Waals surface area (Å²) in [5.41, 5.74) is 0. The molecule has 1 unspecified atom stereocenters. The molecule has 1 N–H and O–H groups in total. The number of carbonyl (C=O) groups is 1. The highest BCUT2D eigenvalue weighted by Gasteiger charge is 2.17. The fourth-order valence-corrected chi connectivity index (χ4v) is 1.50. The highest BCUT2D eigenvalue weighted by molar-refractivity contribution is 6.30. The third kappa shape index (κ3) is 4.50. The van der Waals surface area contributed by atoms with Crippen molar-refractivity contribution in [1.82, 2.24) is 0 Å². The number of hydrogen-bond donors (Lipinski definition) is 1. The Bertz CT molecular complexity index is 411. The fraction of sp³-hybridized carbons (Fsp3) is 0.417. The molecule has 4 nitrogen and oxygen atoms in total. The van der Waals surface area contributed by atoms with E-state index in [1.54, 1.807) is 6.92 Å². The van der Waals surface area contributed by atoms with Gasteiger partial charge in [-0.2, -0.15) is 0 Å². The van der Waals surface area contributed by atoms with Gasteiger partial charge in [-0.25, -0.2) is 9.18 Å². The summed E-state index contributed by atoms with van der Waals surface area (Å²) < 4.78 is 23.2.